The number of halogens is 1. The van der Waals surface area contributed by atoms with Crippen molar-refractivity contribution in [2.75, 3.05) is 13.6 Å². The molecule has 0 atom stereocenters. The van der Waals surface area contributed by atoms with Crippen LogP contribution in [0.2, 0.25) is 0 Å². The topological polar surface area (TPSA) is 50.5 Å². The number of hydrogen-bond acceptors (Lipinski definition) is 3. The maximum Gasteiger partial charge on any atom is 0.246 e. The lowest BCUT2D eigenvalue weighted by Crippen LogP contribution is -2.32. The van der Waals surface area contributed by atoms with Gasteiger partial charge in [0.05, 0.1) is 5.88 Å². The Balaban J connectivity index is 2.29. The van der Waals surface area contributed by atoms with Crippen LogP contribution in [0.3, 0.4) is 0 Å². The van der Waals surface area contributed by atoms with Crippen molar-refractivity contribution >= 4 is 21.6 Å². The maximum atomic E-state index is 12.7. The lowest BCUT2D eigenvalue weighted by molar-refractivity contribution is 0.386. The summed E-state index contributed by atoms with van der Waals surface area (Å²) in [7, 11) is -1.88. The summed E-state index contributed by atoms with van der Waals surface area (Å²) in [6.07, 6.45) is 4.64. The van der Waals surface area contributed by atoms with Gasteiger partial charge in [-0.1, -0.05) is 12.8 Å². The van der Waals surface area contributed by atoms with Gasteiger partial charge in [0.15, 0.2) is 0 Å². The number of rotatable bonds is 5. The lowest BCUT2D eigenvalue weighted by atomic mass is 10.1. The number of aryl methyl sites for hydroxylation is 2. The van der Waals surface area contributed by atoms with Crippen LogP contribution in [0.25, 0.3) is 0 Å². The standard InChI is InChI=1S/C14H22ClNO3S/c1-10-13(8-15)14(11(2)19-10)20(17,18)16(3)9-12-6-4-5-7-12/h12H,4-9H2,1-3H3. The fraction of sp³-hybridized carbons (Fsp3) is 0.714. The van der Waals surface area contributed by atoms with Crippen LogP contribution in [0.1, 0.15) is 42.8 Å². The molecular weight excluding hydrogens is 298 g/mol. The SMILES string of the molecule is Cc1oc(C)c(S(=O)(=O)N(C)CC2CCCC2)c1CCl. The van der Waals surface area contributed by atoms with Gasteiger partial charge in [-0.3, -0.25) is 0 Å². The van der Waals surface area contributed by atoms with Gasteiger partial charge in [-0.2, -0.15) is 0 Å². The van der Waals surface area contributed by atoms with Crippen LogP contribution >= 0.6 is 11.6 Å². The fourth-order valence-electron chi connectivity index (χ4n) is 3.01. The van der Waals surface area contributed by atoms with Crippen molar-refractivity contribution in [3.8, 4) is 0 Å². The molecule has 1 heterocycles. The zero-order valence-electron chi connectivity index (χ0n) is 12.3. The summed E-state index contributed by atoms with van der Waals surface area (Å²) in [6.45, 7) is 4.01. The highest BCUT2D eigenvalue weighted by atomic mass is 35.5. The molecule has 0 radical (unpaired) electrons. The van der Waals surface area contributed by atoms with E-state index in [2.05, 4.69) is 0 Å². The molecule has 20 heavy (non-hydrogen) atoms. The van der Waals surface area contributed by atoms with Crippen molar-refractivity contribution in [2.24, 2.45) is 5.92 Å². The zero-order valence-corrected chi connectivity index (χ0v) is 13.9. The largest absolute Gasteiger partial charge is 0.465 e. The molecule has 0 bridgehead atoms. The van der Waals surface area contributed by atoms with E-state index in [1.807, 2.05) is 0 Å². The van der Waals surface area contributed by atoms with Gasteiger partial charge in [0.1, 0.15) is 16.4 Å². The molecule has 1 aliphatic rings. The van der Waals surface area contributed by atoms with E-state index >= 15 is 0 Å². The molecule has 1 aromatic heterocycles. The lowest BCUT2D eigenvalue weighted by Gasteiger charge is -2.21. The summed E-state index contributed by atoms with van der Waals surface area (Å²) >= 11 is 5.89. The predicted molar refractivity (Wildman–Crippen MR) is 79.5 cm³/mol. The Morgan fingerprint density at radius 1 is 1.25 bits per heavy atom. The van der Waals surface area contributed by atoms with Crippen molar-refractivity contribution in [1.82, 2.24) is 4.31 Å². The van der Waals surface area contributed by atoms with Gasteiger partial charge in [-0.25, -0.2) is 12.7 Å². The van der Waals surface area contributed by atoms with Crippen LogP contribution in [-0.2, 0) is 15.9 Å². The Bertz CT molecular complexity index is 573. The first kappa shape index (κ1) is 15.9. The van der Waals surface area contributed by atoms with Crippen LogP contribution in [0.4, 0.5) is 0 Å². The van der Waals surface area contributed by atoms with E-state index in [4.69, 9.17) is 16.0 Å². The van der Waals surface area contributed by atoms with Gasteiger partial charge in [-0.05, 0) is 32.6 Å². The quantitative estimate of drug-likeness (QED) is 0.781. The minimum absolute atomic E-state index is 0.148. The van der Waals surface area contributed by atoms with Crippen LogP contribution < -0.4 is 0 Å². The molecule has 0 saturated heterocycles. The van der Waals surface area contributed by atoms with Crippen molar-refractivity contribution in [3.63, 3.8) is 0 Å². The monoisotopic (exact) mass is 319 g/mol. The molecule has 0 unspecified atom stereocenters. The average Bonchev–Trinajstić information content (AvgIpc) is 2.96. The molecular formula is C14H22ClNO3S. The second kappa shape index (κ2) is 6.08. The maximum absolute atomic E-state index is 12.7. The fourth-order valence-corrected chi connectivity index (χ4v) is 5.06. The molecule has 1 aromatic rings. The Morgan fingerprint density at radius 2 is 1.85 bits per heavy atom. The van der Waals surface area contributed by atoms with Crippen molar-refractivity contribution in [1.29, 1.82) is 0 Å². The summed E-state index contributed by atoms with van der Waals surface area (Å²) in [5.74, 6) is 1.64. The van der Waals surface area contributed by atoms with Crippen LogP contribution in [0.15, 0.2) is 9.31 Å². The average molecular weight is 320 g/mol. The second-order valence-electron chi connectivity index (χ2n) is 5.59. The number of alkyl halides is 1. The van der Waals surface area contributed by atoms with Gasteiger partial charge < -0.3 is 4.42 Å². The molecule has 6 heteroatoms. The van der Waals surface area contributed by atoms with E-state index in [9.17, 15) is 8.42 Å². The Morgan fingerprint density at radius 3 is 2.40 bits per heavy atom. The van der Waals surface area contributed by atoms with Gasteiger partial charge in [-0.15, -0.1) is 11.6 Å². The molecule has 1 saturated carbocycles. The van der Waals surface area contributed by atoms with E-state index in [1.54, 1.807) is 20.9 Å². The molecule has 1 aliphatic carbocycles. The van der Waals surface area contributed by atoms with E-state index < -0.39 is 10.0 Å². The van der Waals surface area contributed by atoms with Gasteiger partial charge >= 0.3 is 0 Å². The molecule has 2 rings (SSSR count). The first-order chi connectivity index (χ1) is 9.37. The minimum atomic E-state index is -3.52. The molecule has 4 nitrogen and oxygen atoms in total. The van der Waals surface area contributed by atoms with Gasteiger partial charge in [0.2, 0.25) is 10.0 Å². The van der Waals surface area contributed by atoms with Crippen molar-refractivity contribution < 1.29 is 12.8 Å². The van der Waals surface area contributed by atoms with Gasteiger partial charge in [0, 0.05) is 19.2 Å². The summed E-state index contributed by atoms with van der Waals surface area (Å²) in [4.78, 5) is 0.255. The molecule has 0 aromatic carbocycles. The highest BCUT2D eigenvalue weighted by molar-refractivity contribution is 7.89. The third kappa shape index (κ3) is 2.90. The smallest absolute Gasteiger partial charge is 0.246 e. The van der Waals surface area contributed by atoms with Crippen LogP contribution in [-0.4, -0.2) is 26.3 Å². The van der Waals surface area contributed by atoms with Crippen LogP contribution in [0.5, 0.6) is 0 Å². The number of nitrogens with zero attached hydrogens (tertiary/aromatic N) is 1. The van der Waals surface area contributed by atoms with Gasteiger partial charge in [0.25, 0.3) is 0 Å². The first-order valence-electron chi connectivity index (χ1n) is 6.99. The molecule has 1 fully saturated rings. The number of sulfonamides is 1. The Labute approximate surface area is 126 Å². The normalized spacial score (nSPS) is 17.2. The third-order valence-corrected chi connectivity index (χ3v) is 6.40. The van der Waals surface area contributed by atoms with E-state index in [0.29, 0.717) is 29.5 Å². The molecule has 0 aliphatic heterocycles. The minimum Gasteiger partial charge on any atom is -0.465 e. The Kier molecular flexibility index (Phi) is 4.82. The number of hydrogen-bond donors (Lipinski definition) is 0. The highest BCUT2D eigenvalue weighted by Crippen LogP contribution is 2.32. The first-order valence-corrected chi connectivity index (χ1v) is 8.96. The van der Waals surface area contributed by atoms with Crippen molar-refractivity contribution in [3.05, 3.63) is 17.1 Å². The van der Waals surface area contributed by atoms with E-state index in [0.717, 1.165) is 12.8 Å². The number of furan rings is 1. The zero-order chi connectivity index (χ0) is 14.9. The highest BCUT2D eigenvalue weighted by Gasteiger charge is 2.31. The van der Waals surface area contributed by atoms with E-state index in [-0.39, 0.29) is 10.8 Å². The summed E-state index contributed by atoms with van der Waals surface area (Å²) < 4.78 is 32.4. The second-order valence-corrected chi connectivity index (χ2v) is 7.84. The predicted octanol–water partition coefficient (Wildman–Crippen LogP) is 3.45. The Hall–Kier alpha value is -0.520. The molecule has 114 valence electrons. The van der Waals surface area contributed by atoms with Crippen LogP contribution in [0, 0.1) is 19.8 Å². The molecule has 0 spiro atoms. The van der Waals surface area contributed by atoms with Crippen molar-refractivity contribution in [2.45, 2.75) is 50.3 Å². The summed E-state index contributed by atoms with van der Waals surface area (Å²) in [5.41, 5.74) is 0.586. The van der Waals surface area contributed by atoms with E-state index in [1.165, 1.54) is 17.1 Å². The molecule has 0 amide bonds. The third-order valence-electron chi connectivity index (χ3n) is 4.12. The summed E-state index contributed by atoms with van der Waals surface area (Å²) in [5, 5.41) is 0. The molecule has 0 N–H and O–H groups in total. The summed E-state index contributed by atoms with van der Waals surface area (Å²) in [6, 6.07) is 0.